The summed E-state index contributed by atoms with van der Waals surface area (Å²) in [6, 6.07) is 8.61. The molecule has 0 spiro atoms. The van der Waals surface area contributed by atoms with Gasteiger partial charge in [-0.25, -0.2) is 0 Å². The number of aromatic nitrogens is 1. The molecule has 0 aliphatic carbocycles. The van der Waals surface area contributed by atoms with Crippen molar-refractivity contribution in [2.75, 3.05) is 6.61 Å². The first-order chi connectivity index (χ1) is 10.4. The normalized spacial score (nSPS) is 10.5. The van der Waals surface area contributed by atoms with Crippen LogP contribution in [0.2, 0.25) is 5.02 Å². The summed E-state index contributed by atoms with van der Waals surface area (Å²) >= 11 is 5.85. The SMILES string of the molecule is CCOC(=O)Cc1cc(C)c(C(=O)c2ccc(Cl)cc2)n1C. The van der Waals surface area contributed by atoms with E-state index in [4.69, 9.17) is 16.3 Å². The number of esters is 1. The minimum atomic E-state index is -0.298. The molecule has 2 rings (SSSR count). The van der Waals surface area contributed by atoms with Crippen LogP contribution in [0.4, 0.5) is 0 Å². The van der Waals surface area contributed by atoms with E-state index < -0.39 is 0 Å². The fraction of sp³-hybridized carbons (Fsp3) is 0.294. The molecule has 0 amide bonds. The molecular formula is C17H18ClNO3. The van der Waals surface area contributed by atoms with Crippen LogP contribution in [0.5, 0.6) is 0 Å². The average Bonchev–Trinajstić information content (AvgIpc) is 2.73. The Balaban J connectivity index is 2.31. The second kappa shape index (κ2) is 6.79. The van der Waals surface area contributed by atoms with Gasteiger partial charge in [-0.3, -0.25) is 9.59 Å². The van der Waals surface area contributed by atoms with Gasteiger partial charge in [0.25, 0.3) is 0 Å². The molecule has 0 aliphatic heterocycles. The van der Waals surface area contributed by atoms with E-state index in [0.717, 1.165) is 11.3 Å². The Labute approximate surface area is 134 Å². The van der Waals surface area contributed by atoms with Gasteiger partial charge in [-0.15, -0.1) is 0 Å². The highest BCUT2D eigenvalue weighted by molar-refractivity contribution is 6.30. The van der Waals surface area contributed by atoms with E-state index in [-0.39, 0.29) is 18.2 Å². The Morgan fingerprint density at radius 3 is 2.45 bits per heavy atom. The number of benzene rings is 1. The zero-order valence-electron chi connectivity index (χ0n) is 12.9. The first-order valence-electron chi connectivity index (χ1n) is 7.05. The molecule has 0 aliphatic rings. The summed E-state index contributed by atoms with van der Waals surface area (Å²) in [5.74, 6) is -0.389. The molecule has 22 heavy (non-hydrogen) atoms. The predicted molar refractivity (Wildman–Crippen MR) is 85.4 cm³/mol. The van der Waals surface area contributed by atoms with Crippen LogP contribution in [-0.2, 0) is 23.0 Å². The standard InChI is InChI=1S/C17H18ClNO3/c1-4-22-15(20)10-14-9-11(2)16(19(14)3)17(21)12-5-7-13(18)8-6-12/h5-9H,4,10H2,1-3H3. The second-order valence-corrected chi connectivity index (χ2v) is 5.48. The molecule has 0 bridgehead atoms. The lowest BCUT2D eigenvalue weighted by Crippen LogP contribution is -2.14. The molecule has 116 valence electrons. The lowest BCUT2D eigenvalue weighted by Gasteiger charge is -2.08. The van der Waals surface area contributed by atoms with E-state index in [9.17, 15) is 9.59 Å². The minimum Gasteiger partial charge on any atom is -0.466 e. The smallest absolute Gasteiger partial charge is 0.311 e. The Bertz CT molecular complexity index is 701. The van der Waals surface area contributed by atoms with E-state index in [1.54, 1.807) is 42.8 Å². The fourth-order valence-electron chi connectivity index (χ4n) is 2.42. The number of carbonyl (C=O) groups is 2. The molecular weight excluding hydrogens is 302 g/mol. The molecule has 4 nitrogen and oxygen atoms in total. The number of nitrogens with zero attached hydrogens (tertiary/aromatic N) is 1. The Morgan fingerprint density at radius 1 is 1.23 bits per heavy atom. The summed E-state index contributed by atoms with van der Waals surface area (Å²) in [7, 11) is 1.78. The summed E-state index contributed by atoms with van der Waals surface area (Å²) < 4.78 is 6.71. The highest BCUT2D eigenvalue weighted by Gasteiger charge is 2.19. The summed E-state index contributed by atoms with van der Waals surface area (Å²) in [6.45, 7) is 3.97. The Hall–Kier alpha value is -2.07. The van der Waals surface area contributed by atoms with Crippen LogP contribution in [0.3, 0.4) is 0 Å². The number of hydrogen-bond acceptors (Lipinski definition) is 3. The molecule has 5 heteroatoms. The summed E-state index contributed by atoms with van der Waals surface area (Å²) in [5.41, 5.74) is 2.73. The summed E-state index contributed by atoms with van der Waals surface area (Å²) in [5, 5.41) is 0.586. The first kappa shape index (κ1) is 16.3. The van der Waals surface area contributed by atoms with Crippen molar-refractivity contribution < 1.29 is 14.3 Å². The highest BCUT2D eigenvalue weighted by atomic mass is 35.5. The lowest BCUT2D eigenvalue weighted by atomic mass is 10.1. The maximum Gasteiger partial charge on any atom is 0.311 e. The third-order valence-corrected chi connectivity index (χ3v) is 3.73. The number of aryl methyl sites for hydroxylation is 1. The van der Waals surface area contributed by atoms with Gasteiger partial charge in [0.05, 0.1) is 18.7 Å². The topological polar surface area (TPSA) is 48.3 Å². The van der Waals surface area contributed by atoms with Gasteiger partial charge in [0.2, 0.25) is 5.78 Å². The van der Waals surface area contributed by atoms with Gasteiger partial charge in [-0.05, 0) is 49.7 Å². The molecule has 1 heterocycles. The maximum atomic E-state index is 12.6. The lowest BCUT2D eigenvalue weighted by molar-refractivity contribution is -0.142. The average molecular weight is 320 g/mol. The fourth-order valence-corrected chi connectivity index (χ4v) is 2.55. The van der Waals surface area contributed by atoms with Crippen LogP contribution >= 0.6 is 11.6 Å². The molecule has 2 aromatic rings. The van der Waals surface area contributed by atoms with Gasteiger partial charge in [0.1, 0.15) is 0 Å². The van der Waals surface area contributed by atoms with E-state index >= 15 is 0 Å². The van der Waals surface area contributed by atoms with Crippen molar-refractivity contribution >= 4 is 23.4 Å². The molecule has 1 aromatic carbocycles. The number of halogens is 1. The van der Waals surface area contributed by atoms with Crippen molar-refractivity contribution in [2.45, 2.75) is 20.3 Å². The zero-order chi connectivity index (χ0) is 16.3. The van der Waals surface area contributed by atoms with E-state index in [1.165, 1.54) is 0 Å². The number of rotatable bonds is 5. The van der Waals surface area contributed by atoms with Crippen LogP contribution in [0.1, 0.15) is 34.2 Å². The van der Waals surface area contributed by atoms with Crippen LogP contribution < -0.4 is 0 Å². The van der Waals surface area contributed by atoms with Crippen LogP contribution in [-0.4, -0.2) is 22.9 Å². The Kier molecular flexibility index (Phi) is 5.03. The highest BCUT2D eigenvalue weighted by Crippen LogP contribution is 2.20. The third-order valence-electron chi connectivity index (χ3n) is 3.48. The van der Waals surface area contributed by atoms with E-state index in [1.807, 2.05) is 13.0 Å². The Morgan fingerprint density at radius 2 is 1.86 bits per heavy atom. The number of hydrogen-bond donors (Lipinski definition) is 0. The molecule has 0 fully saturated rings. The maximum absolute atomic E-state index is 12.6. The summed E-state index contributed by atoms with van der Waals surface area (Å²) in [6.07, 6.45) is 0.152. The van der Waals surface area contributed by atoms with Crippen molar-refractivity contribution in [3.05, 3.63) is 57.9 Å². The van der Waals surface area contributed by atoms with Gasteiger partial charge in [-0.2, -0.15) is 0 Å². The van der Waals surface area contributed by atoms with E-state index in [0.29, 0.717) is 22.9 Å². The predicted octanol–water partition coefficient (Wildman–Crippen LogP) is 3.32. The van der Waals surface area contributed by atoms with Crippen molar-refractivity contribution in [1.29, 1.82) is 0 Å². The monoisotopic (exact) mass is 319 g/mol. The largest absolute Gasteiger partial charge is 0.466 e. The van der Waals surface area contributed by atoms with Gasteiger partial charge < -0.3 is 9.30 Å². The molecule has 0 saturated carbocycles. The number of ether oxygens (including phenoxy) is 1. The molecule has 0 N–H and O–H groups in total. The van der Waals surface area contributed by atoms with Crippen LogP contribution in [0.25, 0.3) is 0 Å². The van der Waals surface area contributed by atoms with Crippen molar-refractivity contribution in [3.63, 3.8) is 0 Å². The second-order valence-electron chi connectivity index (χ2n) is 5.04. The minimum absolute atomic E-state index is 0.0909. The summed E-state index contributed by atoms with van der Waals surface area (Å²) in [4.78, 5) is 24.3. The number of ketones is 1. The van der Waals surface area contributed by atoms with Gasteiger partial charge in [-0.1, -0.05) is 11.6 Å². The molecule has 0 radical (unpaired) electrons. The molecule has 1 aromatic heterocycles. The van der Waals surface area contributed by atoms with Gasteiger partial charge in [0.15, 0.2) is 0 Å². The van der Waals surface area contributed by atoms with Crippen molar-refractivity contribution in [2.24, 2.45) is 7.05 Å². The molecule has 0 atom stereocenters. The van der Waals surface area contributed by atoms with Crippen LogP contribution in [0.15, 0.2) is 30.3 Å². The van der Waals surface area contributed by atoms with Gasteiger partial charge in [0, 0.05) is 23.3 Å². The quantitative estimate of drug-likeness (QED) is 0.627. The van der Waals surface area contributed by atoms with Gasteiger partial charge >= 0.3 is 5.97 Å². The van der Waals surface area contributed by atoms with Crippen LogP contribution in [0, 0.1) is 6.92 Å². The molecule has 0 unspecified atom stereocenters. The van der Waals surface area contributed by atoms with Crippen molar-refractivity contribution in [1.82, 2.24) is 4.57 Å². The molecule has 0 saturated heterocycles. The van der Waals surface area contributed by atoms with Crippen molar-refractivity contribution in [3.8, 4) is 0 Å². The third kappa shape index (κ3) is 3.39. The number of carbonyl (C=O) groups excluding carboxylic acids is 2. The zero-order valence-corrected chi connectivity index (χ0v) is 13.6. The first-order valence-corrected chi connectivity index (χ1v) is 7.43. The van der Waals surface area contributed by atoms with E-state index in [2.05, 4.69) is 0 Å².